The zero-order valence-corrected chi connectivity index (χ0v) is 10.8. The van der Waals surface area contributed by atoms with E-state index in [1.54, 1.807) is 11.3 Å². The lowest BCUT2D eigenvalue weighted by Crippen LogP contribution is -2.36. The molecule has 1 atom stereocenters. The lowest BCUT2D eigenvalue weighted by atomic mass is 10.1. The molecule has 17 heavy (non-hydrogen) atoms. The van der Waals surface area contributed by atoms with Gasteiger partial charge in [-0.2, -0.15) is 5.10 Å². The number of aryl methyl sites for hydroxylation is 2. The van der Waals surface area contributed by atoms with Gasteiger partial charge in [-0.3, -0.25) is 16.0 Å². The minimum Gasteiger partial charge on any atom is -0.276 e. The summed E-state index contributed by atoms with van der Waals surface area (Å²) in [5.41, 5.74) is 4.16. The highest BCUT2D eigenvalue weighted by atomic mass is 32.1. The van der Waals surface area contributed by atoms with E-state index in [1.807, 2.05) is 17.9 Å². The van der Waals surface area contributed by atoms with Crippen LogP contribution in [0.3, 0.4) is 0 Å². The molecule has 0 aliphatic rings. The maximum Gasteiger partial charge on any atom is 0.0521 e. The molecule has 0 bridgehead atoms. The molecule has 0 aromatic carbocycles. The van der Waals surface area contributed by atoms with Crippen molar-refractivity contribution in [3.63, 3.8) is 0 Å². The predicted molar refractivity (Wildman–Crippen MR) is 70.7 cm³/mol. The van der Waals surface area contributed by atoms with E-state index in [-0.39, 0.29) is 0 Å². The predicted octanol–water partition coefficient (Wildman–Crippen LogP) is 1.49. The summed E-state index contributed by atoms with van der Waals surface area (Å²) < 4.78 is 1.83. The summed E-state index contributed by atoms with van der Waals surface area (Å²) in [5, 5.41) is 6.26. The summed E-state index contributed by atoms with van der Waals surface area (Å²) in [6.45, 7) is 0. The van der Waals surface area contributed by atoms with Crippen molar-refractivity contribution in [1.82, 2.24) is 15.2 Å². The molecule has 0 aliphatic heterocycles. The topological polar surface area (TPSA) is 55.9 Å². The van der Waals surface area contributed by atoms with Crippen LogP contribution in [-0.4, -0.2) is 15.8 Å². The fraction of sp³-hybridized carbons (Fsp3) is 0.417. The Balaban J connectivity index is 1.83. The molecule has 0 radical (unpaired) electrons. The number of nitrogens with one attached hydrogen (secondary N) is 1. The van der Waals surface area contributed by atoms with Crippen LogP contribution in [-0.2, 0) is 19.9 Å². The van der Waals surface area contributed by atoms with Crippen molar-refractivity contribution >= 4 is 11.3 Å². The van der Waals surface area contributed by atoms with Gasteiger partial charge in [-0.1, -0.05) is 6.07 Å². The smallest absolute Gasteiger partial charge is 0.0521 e. The minimum atomic E-state index is 0.328. The molecule has 1 unspecified atom stereocenters. The Morgan fingerprint density at radius 3 is 3.06 bits per heavy atom. The number of hydrogen-bond acceptors (Lipinski definition) is 4. The lowest BCUT2D eigenvalue weighted by molar-refractivity contribution is 0.494. The summed E-state index contributed by atoms with van der Waals surface area (Å²) in [7, 11) is 1.94. The van der Waals surface area contributed by atoms with Gasteiger partial charge in [0.2, 0.25) is 0 Å². The Morgan fingerprint density at radius 2 is 2.47 bits per heavy atom. The van der Waals surface area contributed by atoms with Gasteiger partial charge >= 0.3 is 0 Å². The number of rotatable bonds is 6. The molecule has 0 amide bonds. The van der Waals surface area contributed by atoms with Crippen LogP contribution in [0, 0.1) is 0 Å². The molecule has 92 valence electrons. The molecule has 0 saturated heterocycles. The number of aromatic nitrogens is 2. The van der Waals surface area contributed by atoms with Gasteiger partial charge in [-0.25, -0.2) is 0 Å². The van der Waals surface area contributed by atoms with Crippen molar-refractivity contribution in [3.05, 3.63) is 40.3 Å². The lowest BCUT2D eigenvalue weighted by Gasteiger charge is -2.14. The van der Waals surface area contributed by atoms with Crippen LogP contribution in [0.2, 0.25) is 0 Å². The van der Waals surface area contributed by atoms with E-state index in [4.69, 9.17) is 5.84 Å². The highest BCUT2D eigenvalue weighted by Gasteiger charge is 2.09. The Hall–Kier alpha value is -1.17. The van der Waals surface area contributed by atoms with Crippen LogP contribution in [0.15, 0.2) is 29.9 Å². The zero-order chi connectivity index (χ0) is 12.1. The first-order valence-electron chi connectivity index (χ1n) is 5.74. The monoisotopic (exact) mass is 250 g/mol. The normalized spacial score (nSPS) is 12.8. The van der Waals surface area contributed by atoms with Gasteiger partial charge < -0.3 is 0 Å². The average Bonchev–Trinajstić information content (AvgIpc) is 2.96. The quantitative estimate of drug-likeness (QED) is 0.603. The molecule has 0 fully saturated rings. The Bertz CT molecular complexity index is 435. The third-order valence-corrected chi connectivity index (χ3v) is 3.70. The first-order valence-corrected chi connectivity index (χ1v) is 6.62. The molecule has 0 saturated carbocycles. The largest absolute Gasteiger partial charge is 0.276 e. The van der Waals surface area contributed by atoms with Gasteiger partial charge in [0.1, 0.15) is 0 Å². The maximum absolute atomic E-state index is 5.59. The minimum absolute atomic E-state index is 0.328. The molecule has 2 aromatic rings. The summed E-state index contributed by atoms with van der Waals surface area (Å²) in [4.78, 5) is 1.37. The van der Waals surface area contributed by atoms with Crippen molar-refractivity contribution in [2.75, 3.05) is 0 Å². The van der Waals surface area contributed by atoms with Crippen molar-refractivity contribution in [2.45, 2.75) is 25.3 Å². The second-order valence-corrected chi connectivity index (χ2v) is 5.24. The second-order valence-electron chi connectivity index (χ2n) is 4.21. The summed E-state index contributed by atoms with van der Waals surface area (Å²) in [6.07, 6.45) is 7.00. The molecule has 2 aromatic heterocycles. The molecule has 2 rings (SSSR count). The molecular weight excluding hydrogens is 232 g/mol. The Morgan fingerprint density at radius 1 is 1.59 bits per heavy atom. The third kappa shape index (κ3) is 3.66. The standard InChI is InChI=1S/C12H18N4S/c1-16-9-10(8-14-16)4-5-11(15-13)7-12-3-2-6-17-12/h2-3,6,8-9,11,15H,4-5,7,13H2,1H3. The van der Waals surface area contributed by atoms with Gasteiger partial charge in [0, 0.05) is 24.2 Å². The average molecular weight is 250 g/mol. The van der Waals surface area contributed by atoms with E-state index in [9.17, 15) is 0 Å². The Labute approximate surface area is 105 Å². The van der Waals surface area contributed by atoms with E-state index < -0.39 is 0 Å². The number of nitrogens with two attached hydrogens (primary N) is 1. The second kappa shape index (κ2) is 5.95. The first-order chi connectivity index (χ1) is 8.28. The molecule has 3 N–H and O–H groups in total. The van der Waals surface area contributed by atoms with Crippen LogP contribution in [0.5, 0.6) is 0 Å². The number of hydrogen-bond donors (Lipinski definition) is 2. The van der Waals surface area contributed by atoms with E-state index in [0.717, 1.165) is 19.3 Å². The highest BCUT2D eigenvalue weighted by Crippen LogP contribution is 2.13. The van der Waals surface area contributed by atoms with Crippen LogP contribution < -0.4 is 11.3 Å². The van der Waals surface area contributed by atoms with Crippen molar-refractivity contribution in [3.8, 4) is 0 Å². The van der Waals surface area contributed by atoms with Crippen LogP contribution >= 0.6 is 11.3 Å². The van der Waals surface area contributed by atoms with Crippen molar-refractivity contribution < 1.29 is 0 Å². The molecule has 2 heterocycles. The number of thiophene rings is 1. The van der Waals surface area contributed by atoms with Crippen LogP contribution in [0.1, 0.15) is 16.9 Å². The van der Waals surface area contributed by atoms with Crippen molar-refractivity contribution in [1.29, 1.82) is 0 Å². The van der Waals surface area contributed by atoms with E-state index >= 15 is 0 Å². The SMILES string of the molecule is Cn1cc(CCC(Cc2cccs2)NN)cn1. The van der Waals surface area contributed by atoms with Gasteiger partial charge in [0.15, 0.2) is 0 Å². The molecular formula is C12H18N4S. The summed E-state index contributed by atoms with van der Waals surface area (Å²) >= 11 is 1.78. The maximum atomic E-state index is 5.59. The molecule has 0 aliphatic carbocycles. The summed E-state index contributed by atoms with van der Waals surface area (Å²) in [6, 6.07) is 4.56. The van der Waals surface area contributed by atoms with Gasteiger partial charge in [-0.15, -0.1) is 11.3 Å². The summed E-state index contributed by atoms with van der Waals surface area (Å²) in [5.74, 6) is 5.59. The highest BCUT2D eigenvalue weighted by molar-refractivity contribution is 7.09. The zero-order valence-electron chi connectivity index (χ0n) is 9.97. The van der Waals surface area contributed by atoms with Gasteiger partial charge in [-0.05, 0) is 36.3 Å². The van der Waals surface area contributed by atoms with Gasteiger partial charge in [0.25, 0.3) is 0 Å². The number of nitrogens with zero attached hydrogens (tertiary/aromatic N) is 2. The number of hydrazine groups is 1. The molecule has 4 nitrogen and oxygen atoms in total. The first kappa shape index (κ1) is 12.3. The molecule has 5 heteroatoms. The van der Waals surface area contributed by atoms with E-state index in [2.05, 4.69) is 34.2 Å². The van der Waals surface area contributed by atoms with E-state index in [0.29, 0.717) is 6.04 Å². The third-order valence-electron chi connectivity index (χ3n) is 2.80. The van der Waals surface area contributed by atoms with Crippen LogP contribution in [0.4, 0.5) is 0 Å². The fourth-order valence-electron chi connectivity index (χ4n) is 1.86. The van der Waals surface area contributed by atoms with Crippen molar-refractivity contribution in [2.24, 2.45) is 12.9 Å². The van der Waals surface area contributed by atoms with Gasteiger partial charge in [0.05, 0.1) is 6.20 Å². The Kier molecular flexibility index (Phi) is 4.30. The van der Waals surface area contributed by atoms with Crippen LogP contribution in [0.25, 0.3) is 0 Å². The molecule has 0 spiro atoms. The fourth-order valence-corrected chi connectivity index (χ4v) is 2.64. The van der Waals surface area contributed by atoms with E-state index in [1.165, 1.54) is 10.4 Å².